The Kier molecular flexibility index (Phi) is 6.09. The van der Waals surface area contributed by atoms with Crippen LogP contribution in [0, 0.1) is 13.8 Å². The second-order valence-corrected chi connectivity index (χ2v) is 9.30. The summed E-state index contributed by atoms with van der Waals surface area (Å²) in [5.74, 6) is 0.641. The highest BCUT2D eigenvalue weighted by molar-refractivity contribution is 7.07. The molecule has 1 aliphatic heterocycles. The number of carbonyl (C=O) groups excluding carboxylic acids is 1. The molecule has 3 heterocycles. The average molecular weight is 485 g/mol. The third-order valence-electron chi connectivity index (χ3n) is 5.78. The van der Waals surface area contributed by atoms with Gasteiger partial charge in [-0.2, -0.15) is 0 Å². The number of thiazole rings is 1. The lowest BCUT2D eigenvalue weighted by molar-refractivity contribution is -0.139. The monoisotopic (exact) mass is 484 g/mol. The van der Waals surface area contributed by atoms with Gasteiger partial charge in [0.15, 0.2) is 4.80 Å². The van der Waals surface area contributed by atoms with E-state index in [2.05, 4.69) is 0 Å². The van der Waals surface area contributed by atoms with Crippen LogP contribution in [-0.2, 0) is 9.53 Å². The van der Waals surface area contributed by atoms with Gasteiger partial charge in [0.1, 0.15) is 17.6 Å². The number of aromatic nitrogens is 1. The Balaban J connectivity index is 1.82. The molecule has 1 unspecified atom stereocenters. The molecule has 4 aromatic rings. The third kappa shape index (κ3) is 4.31. The summed E-state index contributed by atoms with van der Waals surface area (Å²) < 4.78 is 13.5. The summed E-state index contributed by atoms with van der Waals surface area (Å²) >= 11 is 1.29. The summed E-state index contributed by atoms with van der Waals surface area (Å²) in [6.07, 6.45) is 1.85. The quantitative estimate of drug-likeness (QED) is 0.399. The number of esters is 1. The minimum atomic E-state index is -0.797. The Bertz CT molecular complexity index is 1610. The molecule has 5 rings (SSSR count). The zero-order valence-electron chi connectivity index (χ0n) is 19.6. The fourth-order valence-corrected chi connectivity index (χ4v) is 5.12. The van der Waals surface area contributed by atoms with Crippen molar-refractivity contribution in [2.45, 2.75) is 26.8 Å². The van der Waals surface area contributed by atoms with Crippen LogP contribution in [0.15, 0.2) is 86.5 Å². The van der Waals surface area contributed by atoms with E-state index in [0.717, 1.165) is 16.7 Å². The maximum absolute atomic E-state index is 13.7. The van der Waals surface area contributed by atoms with Crippen molar-refractivity contribution in [1.29, 1.82) is 0 Å². The molecule has 0 saturated heterocycles. The molecule has 0 fully saturated rings. The average Bonchev–Trinajstić information content (AvgIpc) is 3.43. The number of nitrogens with zero attached hydrogens (tertiary/aromatic N) is 2. The number of hydrogen-bond acceptors (Lipinski definition) is 6. The van der Waals surface area contributed by atoms with Crippen molar-refractivity contribution in [1.82, 2.24) is 4.57 Å². The molecule has 2 aromatic heterocycles. The van der Waals surface area contributed by atoms with Crippen molar-refractivity contribution < 1.29 is 13.9 Å². The normalized spacial score (nSPS) is 15.6. The van der Waals surface area contributed by atoms with Gasteiger partial charge in [-0.1, -0.05) is 71.5 Å². The van der Waals surface area contributed by atoms with Crippen molar-refractivity contribution in [2.75, 3.05) is 6.61 Å². The van der Waals surface area contributed by atoms with Gasteiger partial charge < -0.3 is 9.15 Å². The Morgan fingerprint density at radius 3 is 2.49 bits per heavy atom. The molecule has 7 heteroatoms. The van der Waals surface area contributed by atoms with Crippen LogP contribution >= 0.6 is 11.3 Å². The Labute approximate surface area is 206 Å². The van der Waals surface area contributed by atoms with Crippen molar-refractivity contribution >= 4 is 29.1 Å². The fraction of sp³-hybridized carbons (Fsp3) is 0.179. The molecule has 0 N–H and O–H groups in total. The first-order valence-corrected chi connectivity index (χ1v) is 12.2. The van der Waals surface area contributed by atoms with Crippen LogP contribution in [0.25, 0.3) is 11.8 Å². The van der Waals surface area contributed by atoms with E-state index >= 15 is 0 Å². The van der Waals surface area contributed by atoms with Gasteiger partial charge >= 0.3 is 5.97 Å². The van der Waals surface area contributed by atoms with E-state index in [0.29, 0.717) is 26.6 Å². The van der Waals surface area contributed by atoms with Gasteiger partial charge in [0.2, 0.25) is 0 Å². The topological polar surface area (TPSA) is 73.8 Å². The summed E-state index contributed by atoms with van der Waals surface area (Å²) in [5.41, 5.74) is 3.35. The first-order valence-electron chi connectivity index (χ1n) is 11.4. The van der Waals surface area contributed by atoms with Gasteiger partial charge in [0, 0.05) is 5.56 Å². The van der Waals surface area contributed by atoms with Crippen LogP contribution in [0.4, 0.5) is 0 Å². The van der Waals surface area contributed by atoms with Crippen LogP contribution in [0.1, 0.15) is 41.2 Å². The minimum Gasteiger partial charge on any atom is -0.464 e. The van der Waals surface area contributed by atoms with Crippen LogP contribution in [0.2, 0.25) is 0 Å². The van der Waals surface area contributed by atoms with E-state index in [-0.39, 0.29) is 17.7 Å². The van der Waals surface area contributed by atoms with E-state index in [1.54, 1.807) is 17.6 Å². The predicted octanol–water partition coefficient (Wildman–Crippen LogP) is 4.15. The molecule has 0 bridgehead atoms. The van der Waals surface area contributed by atoms with Crippen LogP contribution in [0.5, 0.6) is 0 Å². The molecule has 1 aliphatic rings. The smallest absolute Gasteiger partial charge is 0.338 e. The lowest BCUT2D eigenvalue weighted by Gasteiger charge is -2.24. The number of hydrogen-bond donors (Lipinski definition) is 0. The highest BCUT2D eigenvalue weighted by Crippen LogP contribution is 2.35. The van der Waals surface area contributed by atoms with E-state index in [1.807, 2.05) is 80.6 Å². The summed E-state index contributed by atoms with van der Waals surface area (Å²) in [6.45, 7) is 5.80. The number of furan rings is 1. The summed E-state index contributed by atoms with van der Waals surface area (Å²) in [5, 5.41) is 0. The van der Waals surface area contributed by atoms with Gasteiger partial charge in [-0.3, -0.25) is 9.36 Å². The maximum Gasteiger partial charge on any atom is 0.338 e. The fourth-order valence-electron chi connectivity index (χ4n) is 4.12. The van der Waals surface area contributed by atoms with Crippen molar-refractivity contribution in [3.05, 3.63) is 120 Å². The largest absolute Gasteiger partial charge is 0.464 e. The highest BCUT2D eigenvalue weighted by atomic mass is 32.1. The molecule has 35 heavy (non-hydrogen) atoms. The van der Waals surface area contributed by atoms with E-state index in [1.165, 1.54) is 11.3 Å². The molecular formula is C28H24N2O4S. The molecular weight excluding hydrogens is 460 g/mol. The molecule has 0 spiro atoms. The Morgan fingerprint density at radius 2 is 1.83 bits per heavy atom. The van der Waals surface area contributed by atoms with Crippen LogP contribution in [-0.4, -0.2) is 17.1 Å². The number of carbonyl (C=O) groups is 1. The standard InChI is InChI=1S/C28H24N2O4S/c1-4-33-27(32)23-24(20-8-6-5-7-9-20)29-28-30(25(23)21-15-12-18(3)34-21)26(31)22(35-28)16-19-13-10-17(2)11-14-19/h5-16,25H,4H2,1-3H3. The van der Waals surface area contributed by atoms with Gasteiger partial charge in [-0.05, 0) is 44.5 Å². The predicted molar refractivity (Wildman–Crippen MR) is 136 cm³/mol. The molecule has 6 nitrogen and oxygen atoms in total. The van der Waals surface area contributed by atoms with Crippen LogP contribution in [0.3, 0.4) is 0 Å². The van der Waals surface area contributed by atoms with Gasteiger partial charge in [0.05, 0.1) is 22.4 Å². The molecule has 0 amide bonds. The SMILES string of the molecule is CCOC(=O)C1=C(c2ccccc2)N=c2sc(=Cc3ccc(C)cc3)c(=O)n2C1c1ccc(C)o1. The van der Waals surface area contributed by atoms with E-state index < -0.39 is 12.0 Å². The van der Waals surface area contributed by atoms with Crippen molar-refractivity contribution in [3.8, 4) is 0 Å². The van der Waals surface area contributed by atoms with Gasteiger partial charge in [-0.25, -0.2) is 9.79 Å². The molecule has 1 atom stereocenters. The first kappa shape index (κ1) is 22.8. The molecule has 2 aromatic carbocycles. The van der Waals surface area contributed by atoms with Crippen LogP contribution < -0.4 is 14.9 Å². The molecule has 0 radical (unpaired) electrons. The Hall–Kier alpha value is -3.97. The number of benzene rings is 2. The van der Waals surface area contributed by atoms with E-state index in [9.17, 15) is 9.59 Å². The zero-order chi connectivity index (χ0) is 24.5. The zero-order valence-corrected chi connectivity index (χ0v) is 20.5. The second-order valence-electron chi connectivity index (χ2n) is 8.29. The summed E-state index contributed by atoms with van der Waals surface area (Å²) in [6, 6.07) is 20.2. The summed E-state index contributed by atoms with van der Waals surface area (Å²) in [4.78, 5) is 32.4. The Morgan fingerprint density at radius 1 is 1.09 bits per heavy atom. The number of fused-ring (bicyclic) bond motifs is 1. The summed E-state index contributed by atoms with van der Waals surface area (Å²) in [7, 11) is 0. The van der Waals surface area contributed by atoms with Crippen molar-refractivity contribution in [2.24, 2.45) is 4.99 Å². The van der Waals surface area contributed by atoms with Gasteiger partial charge in [0.25, 0.3) is 5.56 Å². The minimum absolute atomic E-state index is 0.201. The lowest BCUT2D eigenvalue weighted by atomic mass is 9.97. The van der Waals surface area contributed by atoms with E-state index in [4.69, 9.17) is 14.1 Å². The third-order valence-corrected chi connectivity index (χ3v) is 6.76. The highest BCUT2D eigenvalue weighted by Gasteiger charge is 2.36. The number of ether oxygens (including phenoxy) is 1. The lowest BCUT2D eigenvalue weighted by Crippen LogP contribution is -2.39. The number of aryl methyl sites for hydroxylation is 2. The first-order chi connectivity index (χ1) is 17.0. The number of rotatable bonds is 5. The molecule has 0 aliphatic carbocycles. The maximum atomic E-state index is 13.7. The molecule has 176 valence electrons. The van der Waals surface area contributed by atoms with Gasteiger partial charge in [-0.15, -0.1) is 0 Å². The second kappa shape index (κ2) is 9.35. The van der Waals surface area contributed by atoms with Crippen molar-refractivity contribution in [3.63, 3.8) is 0 Å². The molecule has 0 saturated carbocycles.